The average Bonchev–Trinajstić information content (AvgIpc) is 2.37. The minimum absolute atomic E-state index is 0.129. The minimum atomic E-state index is -1.15. The molecule has 0 aliphatic heterocycles. The maximum atomic E-state index is 12.1. The molecular formula is C12H10N2O5. The fraction of sp³-hybridized carbons (Fsp3) is 0.167. The Hall–Kier alpha value is -2.70. The molecule has 0 aliphatic carbocycles. The Labute approximate surface area is 106 Å². The van der Waals surface area contributed by atoms with Crippen LogP contribution in [0.25, 0.3) is 10.8 Å². The molecule has 0 radical (unpaired) electrons. The second-order valence-corrected chi connectivity index (χ2v) is 4.04. The topological polar surface area (TPSA) is 102 Å². The Morgan fingerprint density at radius 2 is 2.05 bits per heavy atom. The van der Waals surface area contributed by atoms with E-state index in [1.165, 1.54) is 37.4 Å². The lowest BCUT2D eigenvalue weighted by molar-refractivity contribution is -0.383. The predicted molar refractivity (Wildman–Crippen MR) is 67.2 cm³/mol. The number of rotatable bonds is 3. The fourth-order valence-corrected chi connectivity index (χ4v) is 1.86. The molecule has 2 rings (SSSR count). The number of carboxylic acid groups (broad SMARTS) is 1. The first-order valence-corrected chi connectivity index (χ1v) is 5.44. The van der Waals surface area contributed by atoms with Gasteiger partial charge in [0.15, 0.2) is 0 Å². The number of non-ortho nitro benzene ring substituents is 1. The summed E-state index contributed by atoms with van der Waals surface area (Å²) in [5, 5.41) is 20.1. The highest BCUT2D eigenvalue weighted by Crippen LogP contribution is 2.23. The molecule has 0 saturated heterocycles. The molecule has 19 heavy (non-hydrogen) atoms. The zero-order chi connectivity index (χ0) is 14.2. The lowest BCUT2D eigenvalue weighted by Gasteiger charge is -2.11. The summed E-state index contributed by atoms with van der Waals surface area (Å²) >= 11 is 0. The van der Waals surface area contributed by atoms with Crippen molar-refractivity contribution in [2.75, 3.05) is 0 Å². The molecular weight excluding hydrogens is 252 g/mol. The number of nitro groups is 1. The minimum Gasteiger partial charge on any atom is -0.480 e. The summed E-state index contributed by atoms with van der Waals surface area (Å²) in [6.45, 7) is 1.37. The molecule has 0 fully saturated rings. The molecule has 98 valence electrons. The van der Waals surface area contributed by atoms with Crippen molar-refractivity contribution in [1.82, 2.24) is 4.57 Å². The molecule has 0 saturated carbocycles. The van der Waals surface area contributed by atoms with Crippen LogP contribution in [0.3, 0.4) is 0 Å². The lowest BCUT2D eigenvalue weighted by Crippen LogP contribution is -2.27. The molecule has 7 nitrogen and oxygen atoms in total. The van der Waals surface area contributed by atoms with E-state index >= 15 is 0 Å². The van der Waals surface area contributed by atoms with E-state index in [9.17, 15) is 19.7 Å². The van der Waals surface area contributed by atoms with Gasteiger partial charge < -0.3 is 9.67 Å². The summed E-state index contributed by atoms with van der Waals surface area (Å²) in [4.78, 5) is 33.3. The van der Waals surface area contributed by atoms with Gasteiger partial charge in [0.1, 0.15) is 6.04 Å². The van der Waals surface area contributed by atoms with E-state index in [0.717, 1.165) is 4.57 Å². The van der Waals surface area contributed by atoms with E-state index in [1.54, 1.807) is 0 Å². The van der Waals surface area contributed by atoms with Crippen molar-refractivity contribution in [3.8, 4) is 0 Å². The molecule has 1 heterocycles. The Morgan fingerprint density at radius 1 is 1.37 bits per heavy atom. The number of nitro benzene ring substituents is 1. The highest BCUT2D eigenvalue weighted by molar-refractivity contribution is 5.90. The quantitative estimate of drug-likeness (QED) is 0.667. The van der Waals surface area contributed by atoms with Gasteiger partial charge in [0.25, 0.3) is 11.2 Å². The number of pyridine rings is 1. The number of fused-ring (bicyclic) bond motifs is 1. The van der Waals surface area contributed by atoms with Crippen LogP contribution in [0.5, 0.6) is 0 Å². The molecule has 0 amide bonds. The first-order valence-electron chi connectivity index (χ1n) is 5.44. The van der Waals surface area contributed by atoms with Crippen LogP contribution in [0.1, 0.15) is 13.0 Å². The Balaban J connectivity index is 2.77. The number of hydrogen-bond acceptors (Lipinski definition) is 4. The van der Waals surface area contributed by atoms with Crippen LogP contribution >= 0.6 is 0 Å². The van der Waals surface area contributed by atoms with E-state index in [2.05, 4.69) is 0 Å². The Bertz CT molecular complexity index is 734. The number of aromatic nitrogens is 1. The van der Waals surface area contributed by atoms with Crippen molar-refractivity contribution in [3.63, 3.8) is 0 Å². The van der Waals surface area contributed by atoms with Crippen molar-refractivity contribution in [1.29, 1.82) is 0 Å². The molecule has 0 bridgehead atoms. The molecule has 1 aromatic carbocycles. The summed E-state index contributed by atoms with van der Waals surface area (Å²) in [6.07, 6.45) is 1.26. The van der Waals surface area contributed by atoms with Gasteiger partial charge in [-0.25, -0.2) is 4.79 Å². The Morgan fingerprint density at radius 3 is 2.63 bits per heavy atom. The van der Waals surface area contributed by atoms with Crippen LogP contribution in [0.15, 0.2) is 35.3 Å². The van der Waals surface area contributed by atoms with Crippen LogP contribution in [-0.4, -0.2) is 20.6 Å². The summed E-state index contributed by atoms with van der Waals surface area (Å²) in [5.41, 5.74) is -0.735. The Kier molecular flexibility index (Phi) is 3.04. The second kappa shape index (κ2) is 4.52. The first-order chi connectivity index (χ1) is 8.93. The van der Waals surface area contributed by atoms with Gasteiger partial charge in [-0.15, -0.1) is 0 Å². The normalized spacial score (nSPS) is 12.3. The molecule has 0 aliphatic rings. The number of carbonyl (C=O) groups is 1. The van der Waals surface area contributed by atoms with Crippen LogP contribution < -0.4 is 5.56 Å². The van der Waals surface area contributed by atoms with Crippen LogP contribution in [0, 0.1) is 10.1 Å². The van der Waals surface area contributed by atoms with Crippen LogP contribution in [0.4, 0.5) is 5.69 Å². The van der Waals surface area contributed by atoms with E-state index in [0.29, 0.717) is 0 Å². The molecule has 2 aromatic rings. The summed E-state index contributed by atoms with van der Waals surface area (Å²) < 4.78 is 1.04. The summed E-state index contributed by atoms with van der Waals surface area (Å²) in [7, 11) is 0. The van der Waals surface area contributed by atoms with Gasteiger partial charge in [0.05, 0.1) is 15.7 Å². The van der Waals surface area contributed by atoms with Crippen molar-refractivity contribution >= 4 is 22.4 Å². The van der Waals surface area contributed by atoms with Crippen molar-refractivity contribution in [3.05, 3.63) is 50.9 Å². The molecule has 1 atom stereocenters. The molecule has 7 heteroatoms. The van der Waals surface area contributed by atoms with E-state index in [-0.39, 0.29) is 16.5 Å². The van der Waals surface area contributed by atoms with Gasteiger partial charge in [0.2, 0.25) is 0 Å². The summed E-state index contributed by atoms with van der Waals surface area (Å²) in [5.74, 6) is -1.15. The number of benzene rings is 1. The number of carboxylic acids is 1. The average molecular weight is 262 g/mol. The first kappa shape index (κ1) is 12.7. The van der Waals surface area contributed by atoms with Gasteiger partial charge in [-0.3, -0.25) is 14.9 Å². The highest BCUT2D eigenvalue weighted by Gasteiger charge is 2.18. The SMILES string of the molecule is CC(C(=O)O)n1ccc2c([N+](=O)[O-])cccc2c1=O. The molecule has 0 spiro atoms. The smallest absolute Gasteiger partial charge is 0.326 e. The van der Waals surface area contributed by atoms with Crippen LogP contribution in [-0.2, 0) is 4.79 Å². The summed E-state index contributed by atoms with van der Waals surface area (Å²) in [6, 6.07) is 4.49. The molecule has 1 N–H and O–H groups in total. The number of hydrogen-bond donors (Lipinski definition) is 1. The highest BCUT2D eigenvalue weighted by atomic mass is 16.6. The second-order valence-electron chi connectivity index (χ2n) is 4.04. The van der Waals surface area contributed by atoms with Crippen molar-refractivity contribution in [2.45, 2.75) is 13.0 Å². The largest absolute Gasteiger partial charge is 0.480 e. The monoisotopic (exact) mass is 262 g/mol. The third-order valence-corrected chi connectivity index (χ3v) is 2.92. The van der Waals surface area contributed by atoms with E-state index < -0.39 is 22.5 Å². The van der Waals surface area contributed by atoms with Crippen LogP contribution in [0.2, 0.25) is 0 Å². The molecule has 1 unspecified atom stereocenters. The molecule has 1 aromatic heterocycles. The van der Waals surface area contributed by atoms with E-state index in [4.69, 9.17) is 5.11 Å². The van der Waals surface area contributed by atoms with E-state index in [1.807, 2.05) is 0 Å². The standard InChI is InChI=1S/C12H10N2O5/c1-7(12(16)17)13-6-5-8-9(11(13)15)3-2-4-10(8)14(18)19/h2-7H,1H3,(H,16,17). The number of aliphatic carboxylic acids is 1. The maximum absolute atomic E-state index is 12.1. The van der Waals surface area contributed by atoms with Gasteiger partial charge >= 0.3 is 5.97 Å². The maximum Gasteiger partial charge on any atom is 0.326 e. The van der Waals surface area contributed by atoms with Crippen molar-refractivity contribution < 1.29 is 14.8 Å². The predicted octanol–water partition coefficient (Wildman–Crippen LogP) is 1.56. The van der Waals surface area contributed by atoms with Gasteiger partial charge in [0, 0.05) is 12.3 Å². The van der Waals surface area contributed by atoms with Gasteiger partial charge in [-0.1, -0.05) is 6.07 Å². The zero-order valence-corrected chi connectivity index (χ0v) is 9.94. The van der Waals surface area contributed by atoms with Gasteiger partial charge in [-0.05, 0) is 19.1 Å². The lowest BCUT2D eigenvalue weighted by atomic mass is 10.1. The zero-order valence-electron chi connectivity index (χ0n) is 9.94. The third kappa shape index (κ3) is 2.05. The van der Waals surface area contributed by atoms with Gasteiger partial charge in [-0.2, -0.15) is 0 Å². The third-order valence-electron chi connectivity index (χ3n) is 2.92. The van der Waals surface area contributed by atoms with Crippen molar-refractivity contribution in [2.24, 2.45) is 0 Å². The number of nitrogens with zero attached hydrogens (tertiary/aromatic N) is 2. The fourth-order valence-electron chi connectivity index (χ4n) is 1.86.